The van der Waals surface area contributed by atoms with E-state index in [0.717, 1.165) is 27.1 Å². The maximum atomic E-state index is 6.03. The number of nitrogens with zero attached hydrogens (tertiary/aromatic N) is 2. The molecular formula is C14H11BrClN3. The van der Waals surface area contributed by atoms with Crippen molar-refractivity contribution in [3.05, 3.63) is 57.8 Å². The number of pyridine rings is 1. The zero-order valence-corrected chi connectivity index (χ0v) is 12.3. The molecule has 1 aromatic carbocycles. The van der Waals surface area contributed by atoms with Crippen LogP contribution in [0.25, 0.3) is 16.9 Å². The average Bonchev–Trinajstić information content (AvgIpc) is 2.77. The van der Waals surface area contributed by atoms with Crippen molar-refractivity contribution in [2.75, 3.05) is 0 Å². The van der Waals surface area contributed by atoms with Crippen LogP contribution in [0.1, 0.15) is 5.69 Å². The van der Waals surface area contributed by atoms with Gasteiger partial charge in [0.1, 0.15) is 5.65 Å². The van der Waals surface area contributed by atoms with Crippen molar-refractivity contribution in [2.24, 2.45) is 5.73 Å². The number of hydrogen-bond donors (Lipinski definition) is 1. The van der Waals surface area contributed by atoms with E-state index in [1.165, 1.54) is 0 Å². The smallest absolute Gasteiger partial charge is 0.137 e. The molecule has 2 aromatic heterocycles. The lowest BCUT2D eigenvalue weighted by molar-refractivity contribution is 0.962. The molecule has 0 aliphatic carbocycles. The number of halogens is 2. The third kappa shape index (κ3) is 2.27. The lowest BCUT2D eigenvalue weighted by atomic mass is 10.1. The number of imidazole rings is 1. The summed E-state index contributed by atoms with van der Waals surface area (Å²) in [4.78, 5) is 4.63. The Morgan fingerprint density at radius 1 is 1.16 bits per heavy atom. The Morgan fingerprint density at radius 3 is 2.58 bits per heavy atom. The molecule has 3 rings (SSSR count). The zero-order valence-electron chi connectivity index (χ0n) is 9.98. The van der Waals surface area contributed by atoms with E-state index in [-0.39, 0.29) is 0 Å². The highest BCUT2D eigenvalue weighted by atomic mass is 79.9. The van der Waals surface area contributed by atoms with E-state index in [2.05, 4.69) is 20.9 Å². The Labute approximate surface area is 124 Å². The Balaban J connectivity index is 2.25. The van der Waals surface area contributed by atoms with E-state index in [0.29, 0.717) is 11.6 Å². The molecule has 0 fully saturated rings. The second kappa shape index (κ2) is 4.96. The van der Waals surface area contributed by atoms with Gasteiger partial charge in [0, 0.05) is 22.8 Å². The average molecular weight is 337 g/mol. The minimum atomic E-state index is 0.410. The summed E-state index contributed by atoms with van der Waals surface area (Å²) in [5.74, 6) is 0. The molecule has 2 N–H and O–H groups in total. The number of fused-ring (bicyclic) bond motifs is 1. The van der Waals surface area contributed by atoms with Crippen LogP contribution in [-0.2, 0) is 6.54 Å². The van der Waals surface area contributed by atoms with Crippen LogP contribution in [0.15, 0.2) is 47.1 Å². The molecule has 5 heteroatoms. The summed E-state index contributed by atoms with van der Waals surface area (Å²) in [6.07, 6.45) is 1.84. The minimum absolute atomic E-state index is 0.410. The van der Waals surface area contributed by atoms with Gasteiger partial charge < -0.3 is 10.1 Å². The largest absolute Gasteiger partial charge is 0.325 e. The Hall–Kier alpha value is -1.36. The fraction of sp³-hybridized carbons (Fsp3) is 0.0714. The van der Waals surface area contributed by atoms with Crippen molar-refractivity contribution in [3.63, 3.8) is 0 Å². The fourth-order valence-electron chi connectivity index (χ4n) is 2.10. The first-order chi connectivity index (χ1) is 9.19. The molecule has 0 aliphatic heterocycles. The predicted molar refractivity (Wildman–Crippen MR) is 81.2 cm³/mol. The van der Waals surface area contributed by atoms with Gasteiger partial charge >= 0.3 is 0 Å². The molecule has 0 radical (unpaired) electrons. The van der Waals surface area contributed by atoms with Crippen LogP contribution < -0.4 is 5.73 Å². The highest BCUT2D eigenvalue weighted by molar-refractivity contribution is 9.10. The van der Waals surface area contributed by atoms with Crippen LogP contribution in [-0.4, -0.2) is 9.38 Å². The third-order valence-corrected chi connectivity index (χ3v) is 3.74. The van der Waals surface area contributed by atoms with Gasteiger partial charge in [-0.1, -0.05) is 39.7 Å². The van der Waals surface area contributed by atoms with Crippen LogP contribution in [0.3, 0.4) is 0 Å². The molecule has 3 aromatic rings. The molecule has 0 amide bonds. The molecule has 0 unspecified atom stereocenters. The Bertz CT molecular complexity index is 734. The van der Waals surface area contributed by atoms with E-state index in [4.69, 9.17) is 17.3 Å². The molecule has 0 atom stereocenters. The quantitative estimate of drug-likeness (QED) is 0.772. The number of benzene rings is 1. The van der Waals surface area contributed by atoms with Crippen LogP contribution in [0.4, 0.5) is 0 Å². The molecule has 0 spiro atoms. The van der Waals surface area contributed by atoms with Crippen LogP contribution in [0.5, 0.6) is 0 Å². The molecule has 2 heterocycles. The Morgan fingerprint density at radius 2 is 1.89 bits per heavy atom. The van der Waals surface area contributed by atoms with Gasteiger partial charge in [-0.2, -0.15) is 0 Å². The van der Waals surface area contributed by atoms with Crippen molar-refractivity contribution < 1.29 is 0 Å². The van der Waals surface area contributed by atoms with Crippen LogP contribution >= 0.6 is 27.5 Å². The van der Waals surface area contributed by atoms with E-state index >= 15 is 0 Å². The second-order valence-electron chi connectivity index (χ2n) is 4.19. The molecule has 0 aliphatic rings. The number of hydrogen-bond acceptors (Lipinski definition) is 2. The van der Waals surface area contributed by atoms with Gasteiger partial charge in [0.2, 0.25) is 0 Å². The van der Waals surface area contributed by atoms with Gasteiger partial charge in [0.05, 0.1) is 16.4 Å². The first-order valence-corrected chi connectivity index (χ1v) is 6.98. The first kappa shape index (κ1) is 12.7. The molecule has 0 saturated heterocycles. The summed E-state index contributed by atoms with van der Waals surface area (Å²) in [5.41, 5.74) is 9.62. The lowest BCUT2D eigenvalue weighted by Crippen LogP contribution is -2.02. The van der Waals surface area contributed by atoms with Gasteiger partial charge in [0.25, 0.3) is 0 Å². The van der Waals surface area contributed by atoms with Gasteiger partial charge in [-0.3, -0.25) is 0 Å². The van der Waals surface area contributed by atoms with E-state index in [1.807, 2.05) is 47.0 Å². The fourth-order valence-corrected chi connectivity index (χ4v) is 2.53. The van der Waals surface area contributed by atoms with Crippen LogP contribution in [0.2, 0.25) is 5.02 Å². The molecule has 0 saturated carbocycles. The van der Waals surface area contributed by atoms with Crippen molar-refractivity contribution in [2.45, 2.75) is 6.54 Å². The number of aromatic nitrogens is 2. The van der Waals surface area contributed by atoms with Gasteiger partial charge in [-0.25, -0.2) is 4.98 Å². The molecule has 96 valence electrons. The Kier molecular flexibility index (Phi) is 3.31. The van der Waals surface area contributed by atoms with E-state index in [1.54, 1.807) is 0 Å². The van der Waals surface area contributed by atoms with E-state index in [9.17, 15) is 0 Å². The minimum Gasteiger partial charge on any atom is -0.325 e. The van der Waals surface area contributed by atoms with Gasteiger partial charge in [-0.15, -0.1) is 0 Å². The summed E-state index contributed by atoms with van der Waals surface area (Å²) in [7, 11) is 0. The topological polar surface area (TPSA) is 43.3 Å². The summed E-state index contributed by atoms with van der Waals surface area (Å²) < 4.78 is 2.98. The first-order valence-electron chi connectivity index (χ1n) is 5.81. The number of nitrogens with two attached hydrogens (primary N) is 1. The van der Waals surface area contributed by atoms with Crippen molar-refractivity contribution in [1.29, 1.82) is 0 Å². The molecular weight excluding hydrogens is 326 g/mol. The normalized spacial score (nSPS) is 11.1. The van der Waals surface area contributed by atoms with Crippen molar-refractivity contribution >= 4 is 33.2 Å². The van der Waals surface area contributed by atoms with Gasteiger partial charge in [-0.05, 0) is 24.3 Å². The highest BCUT2D eigenvalue weighted by Crippen LogP contribution is 2.26. The van der Waals surface area contributed by atoms with Gasteiger partial charge in [0.15, 0.2) is 0 Å². The molecule has 0 bridgehead atoms. The maximum Gasteiger partial charge on any atom is 0.137 e. The summed E-state index contributed by atoms with van der Waals surface area (Å²) in [6, 6.07) is 11.7. The zero-order chi connectivity index (χ0) is 13.4. The molecule has 3 nitrogen and oxygen atoms in total. The summed E-state index contributed by atoms with van der Waals surface area (Å²) in [5, 5.41) is 0.668. The maximum absolute atomic E-state index is 6.03. The highest BCUT2D eigenvalue weighted by Gasteiger charge is 2.12. The second-order valence-corrected chi connectivity index (χ2v) is 5.55. The summed E-state index contributed by atoms with van der Waals surface area (Å²) >= 11 is 9.46. The lowest BCUT2D eigenvalue weighted by Gasteiger charge is -2.02. The van der Waals surface area contributed by atoms with Crippen molar-refractivity contribution in [3.8, 4) is 11.3 Å². The van der Waals surface area contributed by atoms with Crippen molar-refractivity contribution in [1.82, 2.24) is 9.38 Å². The van der Waals surface area contributed by atoms with E-state index < -0.39 is 0 Å². The number of rotatable bonds is 2. The summed E-state index contributed by atoms with van der Waals surface area (Å²) in [6.45, 7) is 0.410. The monoisotopic (exact) mass is 335 g/mol. The third-order valence-electron chi connectivity index (χ3n) is 2.99. The predicted octanol–water partition coefficient (Wildman–Crippen LogP) is 3.88. The van der Waals surface area contributed by atoms with Crippen LogP contribution in [0, 0.1) is 0 Å². The standard InChI is InChI=1S/C14H11BrClN3/c15-10-3-1-9(2-4-10)14-12(7-17)19-8-11(16)5-6-13(19)18-14/h1-6,8H,7,17H2. The molecule has 19 heavy (non-hydrogen) atoms. The SMILES string of the molecule is NCc1c(-c2ccc(Br)cc2)nc2ccc(Cl)cn12.